The van der Waals surface area contributed by atoms with Crippen LogP contribution in [0.4, 0.5) is 0 Å². The zero-order chi connectivity index (χ0) is 16.2. The number of hydrogen-bond acceptors (Lipinski definition) is 4. The number of nitrogens with zero attached hydrogens (tertiary/aromatic N) is 4. The molecular weight excluding hydrogens is 308 g/mol. The average Bonchev–Trinajstić information content (AvgIpc) is 3.22. The maximum Gasteiger partial charge on any atom is 0.254 e. The molecule has 3 rings (SSSR count). The normalized spacial score (nSPS) is 10.8. The number of fused-ring (bicyclic) bond motifs is 1. The summed E-state index contributed by atoms with van der Waals surface area (Å²) in [6.07, 6.45) is 1.75. The van der Waals surface area contributed by atoms with Gasteiger partial charge in [0.05, 0.1) is 12.1 Å². The molecule has 0 saturated heterocycles. The first-order chi connectivity index (χ1) is 11.2. The van der Waals surface area contributed by atoms with Crippen molar-refractivity contribution in [2.24, 2.45) is 0 Å². The monoisotopic (exact) mass is 326 g/mol. The quantitative estimate of drug-likeness (QED) is 0.653. The summed E-state index contributed by atoms with van der Waals surface area (Å²) in [5, 5.41) is 10.2. The number of hydrogen-bond donors (Lipinski definition) is 0. The molecule has 0 aliphatic rings. The number of benzene rings is 1. The van der Waals surface area contributed by atoms with E-state index in [1.165, 1.54) is 0 Å². The Hall–Kier alpha value is -2.47. The molecule has 2 heterocycles. The van der Waals surface area contributed by atoms with E-state index in [2.05, 4.69) is 16.9 Å². The lowest BCUT2D eigenvalue weighted by molar-refractivity contribution is 0.0764. The first-order valence-electron chi connectivity index (χ1n) is 7.48. The Kier molecular flexibility index (Phi) is 4.52. The van der Waals surface area contributed by atoms with E-state index in [4.69, 9.17) is 0 Å². The Morgan fingerprint density at radius 1 is 1.43 bits per heavy atom. The molecule has 0 bridgehead atoms. The molecule has 0 N–H and O–H groups in total. The Balaban J connectivity index is 1.88. The zero-order valence-corrected chi connectivity index (χ0v) is 13.8. The van der Waals surface area contributed by atoms with Gasteiger partial charge in [-0.15, -0.1) is 23.0 Å². The van der Waals surface area contributed by atoms with Crippen LogP contribution in [-0.4, -0.2) is 32.3 Å². The lowest BCUT2D eigenvalue weighted by atomic mass is 10.1. The van der Waals surface area contributed by atoms with Crippen LogP contribution in [0.3, 0.4) is 0 Å². The lowest BCUT2D eigenvalue weighted by Crippen LogP contribution is -2.30. The number of rotatable bonds is 6. The van der Waals surface area contributed by atoms with E-state index in [0.29, 0.717) is 18.7 Å². The highest BCUT2D eigenvalue weighted by Gasteiger charge is 2.17. The number of thiophene rings is 1. The molecule has 3 aromatic rings. The molecule has 6 heteroatoms. The molecule has 5 nitrogen and oxygen atoms in total. The van der Waals surface area contributed by atoms with Crippen LogP contribution < -0.4 is 0 Å². The first-order valence-corrected chi connectivity index (χ1v) is 8.36. The van der Waals surface area contributed by atoms with Crippen LogP contribution in [-0.2, 0) is 13.1 Å². The second-order valence-electron chi connectivity index (χ2n) is 5.16. The minimum absolute atomic E-state index is 0.0220. The van der Waals surface area contributed by atoms with Gasteiger partial charge < -0.3 is 4.90 Å². The first kappa shape index (κ1) is 15.4. The van der Waals surface area contributed by atoms with Gasteiger partial charge in [-0.2, -0.15) is 0 Å². The molecule has 0 aliphatic heterocycles. The predicted molar refractivity (Wildman–Crippen MR) is 92.5 cm³/mol. The van der Waals surface area contributed by atoms with E-state index in [0.717, 1.165) is 22.5 Å². The highest BCUT2D eigenvalue weighted by Crippen LogP contribution is 2.18. The zero-order valence-electron chi connectivity index (χ0n) is 13.0. The Labute approximate surface area is 138 Å². The molecule has 0 fully saturated rings. The summed E-state index contributed by atoms with van der Waals surface area (Å²) in [4.78, 5) is 15.7. The second-order valence-corrected chi connectivity index (χ2v) is 6.19. The van der Waals surface area contributed by atoms with Crippen molar-refractivity contribution < 1.29 is 4.79 Å². The van der Waals surface area contributed by atoms with Crippen molar-refractivity contribution in [3.05, 3.63) is 58.8 Å². The fourth-order valence-electron chi connectivity index (χ4n) is 2.49. The van der Waals surface area contributed by atoms with E-state index in [1.807, 2.05) is 41.3 Å². The Bertz CT molecular complexity index is 822. The van der Waals surface area contributed by atoms with Crippen LogP contribution in [0.2, 0.25) is 0 Å². The van der Waals surface area contributed by atoms with Gasteiger partial charge in [-0.1, -0.05) is 17.4 Å². The molecule has 0 atom stereocenters. The van der Waals surface area contributed by atoms with Crippen molar-refractivity contribution in [3.63, 3.8) is 0 Å². The number of aryl methyl sites for hydroxylation is 1. The molecule has 118 valence electrons. The minimum Gasteiger partial charge on any atom is -0.330 e. The van der Waals surface area contributed by atoms with Crippen LogP contribution in [0.25, 0.3) is 11.0 Å². The average molecular weight is 326 g/mol. The molecule has 1 amide bonds. The van der Waals surface area contributed by atoms with Crippen LogP contribution >= 0.6 is 11.3 Å². The number of carbonyl (C=O) groups is 1. The summed E-state index contributed by atoms with van der Waals surface area (Å²) in [5.74, 6) is -0.0220. The van der Waals surface area contributed by atoms with E-state index in [9.17, 15) is 4.79 Å². The molecule has 23 heavy (non-hydrogen) atoms. The van der Waals surface area contributed by atoms with Gasteiger partial charge in [-0.05, 0) is 36.6 Å². The van der Waals surface area contributed by atoms with Gasteiger partial charge in [0.25, 0.3) is 5.91 Å². The molecule has 0 unspecified atom stereocenters. The lowest BCUT2D eigenvalue weighted by Gasteiger charge is -2.20. The third kappa shape index (κ3) is 3.17. The van der Waals surface area contributed by atoms with Crippen LogP contribution in [0.1, 0.15) is 22.2 Å². The Morgan fingerprint density at radius 3 is 3.00 bits per heavy atom. The predicted octanol–water partition coefficient (Wildman–Crippen LogP) is 3.34. The molecule has 0 spiro atoms. The maximum atomic E-state index is 12.8. The smallest absolute Gasteiger partial charge is 0.254 e. The minimum atomic E-state index is -0.0220. The summed E-state index contributed by atoms with van der Waals surface area (Å²) in [7, 11) is 0. The number of carbonyl (C=O) groups excluding carboxylic acids is 1. The van der Waals surface area contributed by atoms with E-state index >= 15 is 0 Å². The maximum absolute atomic E-state index is 12.8. The van der Waals surface area contributed by atoms with E-state index < -0.39 is 0 Å². The topological polar surface area (TPSA) is 51.0 Å². The summed E-state index contributed by atoms with van der Waals surface area (Å²) >= 11 is 1.64. The summed E-state index contributed by atoms with van der Waals surface area (Å²) < 4.78 is 1.82. The number of amides is 1. The largest absolute Gasteiger partial charge is 0.330 e. The van der Waals surface area contributed by atoms with Crippen LogP contribution in [0.5, 0.6) is 0 Å². The molecular formula is C17H18N4OS. The van der Waals surface area contributed by atoms with Gasteiger partial charge in [0.15, 0.2) is 0 Å². The van der Waals surface area contributed by atoms with Gasteiger partial charge in [0.1, 0.15) is 5.52 Å². The molecule has 0 aliphatic carbocycles. The summed E-state index contributed by atoms with van der Waals surface area (Å²) in [5.41, 5.74) is 2.31. The fourth-order valence-corrected chi connectivity index (χ4v) is 3.21. The molecule has 2 aromatic heterocycles. The highest BCUT2D eigenvalue weighted by atomic mass is 32.1. The molecule has 0 saturated carbocycles. The van der Waals surface area contributed by atoms with Gasteiger partial charge in [-0.25, -0.2) is 4.68 Å². The van der Waals surface area contributed by atoms with E-state index in [-0.39, 0.29) is 5.91 Å². The summed E-state index contributed by atoms with van der Waals surface area (Å²) in [6.45, 7) is 7.62. The standard InChI is InChI=1S/C17H18N4OS/c1-3-9-20(12-14-6-5-10-23-14)17(22)13-7-8-16-15(11-13)18-19-21(16)4-2/h3,5-8,10-11H,1,4,9,12H2,2H3. The SMILES string of the molecule is C=CCN(Cc1cccs1)C(=O)c1ccc2c(c1)nnn2CC. The van der Waals surface area contributed by atoms with Gasteiger partial charge in [-0.3, -0.25) is 4.79 Å². The fraction of sp³-hybridized carbons (Fsp3) is 0.235. The van der Waals surface area contributed by atoms with Crippen molar-refractivity contribution in [1.29, 1.82) is 0 Å². The third-order valence-electron chi connectivity index (χ3n) is 3.62. The van der Waals surface area contributed by atoms with E-state index in [1.54, 1.807) is 28.4 Å². The third-order valence-corrected chi connectivity index (χ3v) is 4.49. The molecule has 1 aromatic carbocycles. The second kappa shape index (κ2) is 6.75. The van der Waals surface area contributed by atoms with Crippen molar-refractivity contribution in [2.75, 3.05) is 6.54 Å². The van der Waals surface area contributed by atoms with Crippen LogP contribution in [0, 0.1) is 0 Å². The van der Waals surface area contributed by atoms with Crippen molar-refractivity contribution in [1.82, 2.24) is 19.9 Å². The van der Waals surface area contributed by atoms with Gasteiger partial charge in [0, 0.05) is 23.5 Å². The van der Waals surface area contributed by atoms with Crippen molar-refractivity contribution >= 4 is 28.3 Å². The van der Waals surface area contributed by atoms with Crippen molar-refractivity contribution in [2.45, 2.75) is 20.0 Å². The van der Waals surface area contributed by atoms with Gasteiger partial charge in [0.2, 0.25) is 0 Å². The Morgan fingerprint density at radius 2 is 2.30 bits per heavy atom. The number of aromatic nitrogens is 3. The van der Waals surface area contributed by atoms with Crippen molar-refractivity contribution in [3.8, 4) is 0 Å². The van der Waals surface area contributed by atoms with Gasteiger partial charge >= 0.3 is 0 Å². The molecule has 0 radical (unpaired) electrons. The summed E-state index contributed by atoms with van der Waals surface area (Å²) in [6, 6.07) is 9.57. The van der Waals surface area contributed by atoms with Crippen LogP contribution in [0.15, 0.2) is 48.4 Å². The highest BCUT2D eigenvalue weighted by molar-refractivity contribution is 7.09.